The number of carboxylic acid groups (broad SMARTS) is 1. The van der Waals surface area contributed by atoms with E-state index in [0.29, 0.717) is 5.56 Å². The number of fused-ring (bicyclic) bond motifs is 1. The molecule has 0 bridgehead atoms. The van der Waals surface area contributed by atoms with Crippen LogP contribution in [0.3, 0.4) is 0 Å². The van der Waals surface area contributed by atoms with Crippen LogP contribution in [-0.2, 0) is 0 Å². The SMILES string of the molecule is O=C(O)c1c(-c2ccccc2)[nH]c2ccc(F)c(Cl)c2c1=O. The van der Waals surface area contributed by atoms with Gasteiger partial charge in [-0.15, -0.1) is 0 Å². The molecule has 0 radical (unpaired) electrons. The minimum atomic E-state index is -1.40. The first-order valence-electron chi connectivity index (χ1n) is 6.33. The van der Waals surface area contributed by atoms with Gasteiger partial charge in [-0.05, 0) is 17.7 Å². The van der Waals surface area contributed by atoms with Crippen LogP contribution in [0.15, 0.2) is 47.3 Å². The summed E-state index contributed by atoms with van der Waals surface area (Å²) in [5, 5.41) is 8.81. The van der Waals surface area contributed by atoms with E-state index in [1.54, 1.807) is 30.3 Å². The highest BCUT2D eigenvalue weighted by molar-refractivity contribution is 6.35. The van der Waals surface area contributed by atoms with E-state index in [1.807, 2.05) is 0 Å². The standard InChI is InChI=1S/C16H9ClFNO3/c17-13-9(18)6-7-10-11(13)15(20)12(16(21)22)14(19-10)8-4-2-1-3-5-8/h1-7H,(H,19,20)(H,21,22). The van der Waals surface area contributed by atoms with E-state index in [4.69, 9.17) is 11.6 Å². The van der Waals surface area contributed by atoms with E-state index in [0.717, 1.165) is 6.07 Å². The maximum absolute atomic E-state index is 13.6. The maximum Gasteiger partial charge on any atom is 0.341 e. The summed E-state index contributed by atoms with van der Waals surface area (Å²) < 4.78 is 13.6. The molecular weight excluding hydrogens is 309 g/mol. The molecule has 1 heterocycles. The molecule has 0 atom stereocenters. The zero-order valence-corrected chi connectivity index (χ0v) is 11.8. The second kappa shape index (κ2) is 5.27. The summed E-state index contributed by atoms with van der Waals surface area (Å²) in [6.45, 7) is 0. The first-order valence-corrected chi connectivity index (χ1v) is 6.71. The minimum Gasteiger partial charge on any atom is -0.477 e. The molecule has 0 fully saturated rings. The number of H-pyrrole nitrogens is 1. The molecule has 2 aromatic carbocycles. The zero-order valence-electron chi connectivity index (χ0n) is 11.1. The lowest BCUT2D eigenvalue weighted by Crippen LogP contribution is -2.18. The summed E-state index contributed by atoms with van der Waals surface area (Å²) in [5.74, 6) is -2.18. The highest BCUT2D eigenvalue weighted by Crippen LogP contribution is 2.27. The molecule has 4 nitrogen and oxygen atoms in total. The van der Waals surface area contributed by atoms with E-state index in [2.05, 4.69) is 4.98 Å². The predicted octanol–water partition coefficient (Wildman–Crippen LogP) is 3.69. The topological polar surface area (TPSA) is 70.2 Å². The van der Waals surface area contributed by atoms with E-state index in [-0.39, 0.29) is 21.6 Å². The van der Waals surface area contributed by atoms with Gasteiger partial charge in [-0.25, -0.2) is 9.18 Å². The van der Waals surface area contributed by atoms with Crippen LogP contribution in [0.1, 0.15) is 10.4 Å². The lowest BCUT2D eigenvalue weighted by atomic mass is 10.0. The van der Waals surface area contributed by atoms with Crippen LogP contribution in [0, 0.1) is 5.82 Å². The third-order valence-electron chi connectivity index (χ3n) is 3.33. The summed E-state index contributed by atoms with van der Waals surface area (Å²) in [5.41, 5.74) is -0.302. The largest absolute Gasteiger partial charge is 0.477 e. The van der Waals surface area contributed by atoms with Crippen LogP contribution in [0.4, 0.5) is 4.39 Å². The van der Waals surface area contributed by atoms with Gasteiger partial charge in [-0.2, -0.15) is 0 Å². The summed E-state index contributed by atoms with van der Waals surface area (Å²) in [7, 11) is 0. The third kappa shape index (κ3) is 2.16. The number of nitrogens with one attached hydrogen (secondary N) is 1. The average molecular weight is 318 g/mol. The van der Waals surface area contributed by atoms with Gasteiger partial charge in [0, 0.05) is 0 Å². The van der Waals surface area contributed by atoms with Crippen molar-refractivity contribution in [1.82, 2.24) is 4.98 Å². The van der Waals surface area contributed by atoms with Gasteiger partial charge < -0.3 is 10.1 Å². The fraction of sp³-hybridized carbons (Fsp3) is 0. The van der Waals surface area contributed by atoms with Crippen molar-refractivity contribution in [3.8, 4) is 11.3 Å². The number of hydrogen-bond acceptors (Lipinski definition) is 2. The molecule has 0 saturated carbocycles. The molecule has 6 heteroatoms. The molecule has 2 N–H and O–H groups in total. The first kappa shape index (κ1) is 14.3. The van der Waals surface area contributed by atoms with Gasteiger partial charge in [0.25, 0.3) is 0 Å². The molecule has 0 aliphatic rings. The Balaban J connectivity index is 2.49. The van der Waals surface area contributed by atoms with Crippen molar-refractivity contribution in [3.05, 3.63) is 69.1 Å². The van der Waals surface area contributed by atoms with E-state index in [9.17, 15) is 19.1 Å². The minimum absolute atomic E-state index is 0.160. The van der Waals surface area contributed by atoms with Crippen molar-refractivity contribution in [2.45, 2.75) is 0 Å². The van der Waals surface area contributed by atoms with Gasteiger partial charge in [0.15, 0.2) is 0 Å². The number of pyridine rings is 1. The van der Waals surface area contributed by atoms with Gasteiger partial charge in [-0.1, -0.05) is 41.9 Å². The Bertz CT molecular complexity index is 951. The predicted molar refractivity (Wildman–Crippen MR) is 81.9 cm³/mol. The normalized spacial score (nSPS) is 10.8. The molecule has 3 aromatic rings. The van der Waals surface area contributed by atoms with E-state index < -0.39 is 22.8 Å². The second-order valence-corrected chi connectivity index (χ2v) is 5.04. The first-order chi connectivity index (χ1) is 10.5. The van der Waals surface area contributed by atoms with Crippen molar-refractivity contribution >= 4 is 28.5 Å². The number of halogens is 2. The molecule has 1 aromatic heterocycles. The van der Waals surface area contributed by atoms with Crippen LogP contribution in [0.25, 0.3) is 22.2 Å². The van der Waals surface area contributed by atoms with Gasteiger partial charge in [0.05, 0.1) is 21.6 Å². The maximum atomic E-state index is 13.6. The molecule has 110 valence electrons. The fourth-order valence-electron chi connectivity index (χ4n) is 2.34. The Morgan fingerprint density at radius 1 is 1.14 bits per heavy atom. The second-order valence-electron chi connectivity index (χ2n) is 4.66. The number of hydrogen-bond donors (Lipinski definition) is 2. The number of benzene rings is 2. The Kier molecular flexibility index (Phi) is 3.42. The van der Waals surface area contributed by atoms with Crippen LogP contribution in [0.5, 0.6) is 0 Å². The van der Waals surface area contributed by atoms with Crippen molar-refractivity contribution in [3.63, 3.8) is 0 Å². The highest BCUT2D eigenvalue weighted by atomic mass is 35.5. The molecule has 0 unspecified atom stereocenters. The lowest BCUT2D eigenvalue weighted by molar-refractivity contribution is 0.0696. The van der Waals surface area contributed by atoms with Crippen LogP contribution in [0.2, 0.25) is 5.02 Å². The van der Waals surface area contributed by atoms with E-state index in [1.165, 1.54) is 6.07 Å². The van der Waals surface area contributed by atoms with Crippen molar-refractivity contribution in [1.29, 1.82) is 0 Å². The zero-order chi connectivity index (χ0) is 15.9. The fourth-order valence-corrected chi connectivity index (χ4v) is 2.59. The van der Waals surface area contributed by atoms with Crippen molar-refractivity contribution in [2.24, 2.45) is 0 Å². The number of carboxylic acids is 1. The summed E-state index contributed by atoms with van der Waals surface area (Å²) in [6.07, 6.45) is 0. The number of aromatic nitrogens is 1. The number of carbonyl (C=O) groups is 1. The van der Waals surface area contributed by atoms with Crippen molar-refractivity contribution < 1.29 is 14.3 Å². The van der Waals surface area contributed by atoms with Gasteiger partial charge in [0.1, 0.15) is 11.4 Å². The third-order valence-corrected chi connectivity index (χ3v) is 3.70. The molecule has 0 aliphatic heterocycles. The molecule has 0 aliphatic carbocycles. The van der Waals surface area contributed by atoms with Crippen LogP contribution >= 0.6 is 11.6 Å². The monoisotopic (exact) mass is 317 g/mol. The Labute approximate surface area is 128 Å². The number of rotatable bonds is 2. The van der Waals surface area contributed by atoms with Gasteiger partial charge >= 0.3 is 5.97 Å². The molecule has 0 spiro atoms. The quantitative estimate of drug-likeness (QED) is 0.757. The van der Waals surface area contributed by atoms with Gasteiger partial charge in [-0.3, -0.25) is 4.79 Å². The molecular formula is C16H9ClFNO3. The molecule has 3 rings (SSSR count). The van der Waals surface area contributed by atoms with Crippen molar-refractivity contribution in [2.75, 3.05) is 0 Å². The summed E-state index contributed by atoms with van der Waals surface area (Å²) >= 11 is 5.82. The number of aromatic amines is 1. The lowest BCUT2D eigenvalue weighted by Gasteiger charge is -2.10. The Morgan fingerprint density at radius 2 is 1.82 bits per heavy atom. The van der Waals surface area contributed by atoms with Crippen LogP contribution in [-0.4, -0.2) is 16.1 Å². The molecule has 0 amide bonds. The molecule has 22 heavy (non-hydrogen) atoms. The Hall–Kier alpha value is -2.66. The summed E-state index contributed by atoms with van der Waals surface area (Å²) in [4.78, 5) is 26.9. The van der Waals surface area contributed by atoms with E-state index >= 15 is 0 Å². The number of aromatic carboxylic acids is 1. The van der Waals surface area contributed by atoms with Gasteiger partial charge in [0.2, 0.25) is 5.43 Å². The smallest absolute Gasteiger partial charge is 0.341 e. The van der Waals surface area contributed by atoms with Crippen LogP contribution < -0.4 is 5.43 Å². The molecule has 0 saturated heterocycles. The highest BCUT2D eigenvalue weighted by Gasteiger charge is 2.21. The average Bonchev–Trinajstić information content (AvgIpc) is 2.51. The Morgan fingerprint density at radius 3 is 2.45 bits per heavy atom. The summed E-state index contributed by atoms with van der Waals surface area (Å²) in [6, 6.07) is 11.0.